The third-order valence-corrected chi connectivity index (χ3v) is 13.5. The van der Waals surface area contributed by atoms with E-state index in [4.69, 9.17) is 22.6 Å². The molecule has 0 atom stereocenters. The van der Waals surface area contributed by atoms with Crippen LogP contribution >= 0.6 is 10.3 Å². The Morgan fingerprint density at radius 2 is 1.18 bits per heavy atom. The van der Waals surface area contributed by atoms with E-state index in [1.807, 2.05) is 61.5 Å². The number of rotatable bonds is 15. The molecule has 2 heterocycles. The molecule has 0 fully saturated rings. The van der Waals surface area contributed by atoms with Crippen molar-refractivity contribution in [2.45, 2.75) is 73.0 Å². The highest BCUT2D eigenvalue weighted by atomic mass is 32.3. The fourth-order valence-electron chi connectivity index (χ4n) is 5.78. The quantitative estimate of drug-likeness (QED) is 0.0929. The second-order valence-electron chi connectivity index (χ2n) is 13.9. The van der Waals surface area contributed by atoms with E-state index in [2.05, 4.69) is 9.97 Å². The Morgan fingerprint density at radius 3 is 1.68 bits per heavy atom. The molecule has 0 aliphatic rings. The summed E-state index contributed by atoms with van der Waals surface area (Å²) in [5.41, 5.74) is 2.24. The van der Waals surface area contributed by atoms with Crippen LogP contribution in [0.2, 0.25) is 0 Å². The molecule has 0 spiro atoms. The van der Waals surface area contributed by atoms with Crippen molar-refractivity contribution < 1.29 is 35.8 Å². The van der Waals surface area contributed by atoms with Crippen LogP contribution in [0.25, 0.3) is 0 Å². The van der Waals surface area contributed by atoms with Gasteiger partial charge in [-0.25, -0.2) is 8.42 Å². The van der Waals surface area contributed by atoms with E-state index < -0.39 is 32.0 Å². The van der Waals surface area contributed by atoms with E-state index in [1.165, 1.54) is 0 Å². The first-order chi connectivity index (χ1) is 26.8. The molecule has 6 aromatic rings. The zero-order valence-electron chi connectivity index (χ0n) is 31.9. The monoisotopic (exact) mass is 792 g/mol. The zero-order chi connectivity index (χ0) is 39.8. The van der Waals surface area contributed by atoms with Crippen molar-refractivity contribution >= 4 is 26.4 Å². The van der Waals surface area contributed by atoms with E-state index in [0.29, 0.717) is 37.5 Å². The summed E-state index contributed by atoms with van der Waals surface area (Å²) in [5.74, 6) is 0.828. The van der Waals surface area contributed by atoms with E-state index >= 15 is 0 Å². The van der Waals surface area contributed by atoms with Crippen LogP contribution in [0.4, 0.5) is 0 Å². The van der Waals surface area contributed by atoms with Gasteiger partial charge in [0.25, 0.3) is 0 Å². The van der Waals surface area contributed by atoms with Crippen LogP contribution < -0.4 is 14.2 Å². The Bertz CT molecular complexity index is 2280. The number of hydrogen-bond acceptors (Lipinski definition) is 10. The van der Waals surface area contributed by atoms with Crippen LogP contribution in [0.3, 0.4) is 0 Å². The molecule has 290 valence electrons. The molecule has 0 saturated carbocycles. The fourth-order valence-corrected chi connectivity index (χ4v) is 11.2. The molecule has 56 heavy (non-hydrogen) atoms. The van der Waals surface area contributed by atoms with Crippen LogP contribution in [-0.2, 0) is 36.5 Å². The number of nitrogens with zero attached hydrogens (tertiary/aromatic N) is 2. The fraction of sp³-hybridized carbons (Fsp3) is 0.205. The van der Waals surface area contributed by atoms with Gasteiger partial charge >= 0.3 is 16.1 Å². The molecule has 0 radical (unpaired) electrons. The average molecular weight is 793 g/mol. The van der Waals surface area contributed by atoms with Crippen LogP contribution in [0.15, 0.2) is 159 Å². The van der Waals surface area contributed by atoms with E-state index in [1.54, 1.807) is 113 Å². The number of ether oxygens (including phenoxy) is 4. The maximum atomic E-state index is 14.7. The maximum Gasteiger partial charge on any atom is 0.344 e. The molecule has 0 amide bonds. The Kier molecular flexibility index (Phi) is 12.4. The molecule has 4 aromatic carbocycles. The highest BCUT2D eigenvalue weighted by molar-refractivity contribution is 8.33. The van der Waals surface area contributed by atoms with Gasteiger partial charge in [-0.05, 0) is 141 Å². The normalized spacial score (nSPS) is 12.1. The summed E-state index contributed by atoms with van der Waals surface area (Å²) in [6.45, 7) is 9.07. The zero-order valence-corrected chi connectivity index (χ0v) is 33.5. The van der Waals surface area contributed by atoms with E-state index in [-0.39, 0.29) is 24.7 Å². The SMILES string of the molecule is Cc1ccc(S(=O)(=O)OS(c2ccc(OCC(=O)OC(C)(C)C)cc2)(c2cccc(OCc3ccccn3)c2)c2cccc(OCc3ccccn3)c2)c(C)c1. The number of aryl methyl sites for hydroxylation is 2. The standard InChI is InChI=1S/C44H44N2O8S2/c1-32-18-23-42(33(2)26-32)56(48,49)54-55(39-21-19-36(20-22-39)52-31-43(47)53-44(3,4)5,40-16-10-14-37(27-40)50-29-34-12-6-8-24-45-34)41-17-11-15-38(28-41)51-30-35-13-7-9-25-46-35/h6-28H,29-31H2,1-5H3. The first-order valence-corrected chi connectivity index (χ1v) is 20.8. The lowest BCUT2D eigenvalue weighted by molar-refractivity contribution is -0.157. The van der Waals surface area contributed by atoms with Gasteiger partial charge in [0.15, 0.2) is 6.61 Å². The summed E-state index contributed by atoms with van der Waals surface area (Å²) >= 11 is 0. The number of carbonyl (C=O) groups is 1. The second kappa shape index (κ2) is 17.4. The van der Waals surface area contributed by atoms with Crippen molar-refractivity contribution in [3.63, 3.8) is 0 Å². The molecular formula is C44H44N2O8S2. The Morgan fingerprint density at radius 1 is 0.607 bits per heavy atom. The third kappa shape index (κ3) is 10.1. The minimum Gasteiger partial charge on any atom is -0.487 e. The van der Waals surface area contributed by atoms with Crippen molar-refractivity contribution in [1.29, 1.82) is 0 Å². The predicted molar refractivity (Wildman–Crippen MR) is 214 cm³/mol. The van der Waals surface area contributed by atoms with Gasteiger partial charge in [0.1, 0.15) is 36.1 Å². The lowest BCUT2D eigenvalue weighted by Crippen LogP contribution is -2.27. The van der Waals surface area contributed by atoms with Crippen LogP contribution in [0.1, 0.15) is 43.3 Å². The Hall–Kier alpha value is -5.69. The molecule has 10 nitrogen and oxygen atoms in total. The minimum atomic E-state index is -4.45. The van der Waals surface area contributed by atoms with Gasteiger partial charge in [-0.15, -0.1) is 0 Å². The van der Waals surface area contributed by atoms with Gasteiger partial charge in [0, 0.05) is 27.1 Å². The first kappa shape index (κ1) is 40.0. The van der Waals surface area contributed by atoms with Crippen molar-refractivity contribution in [3.8, 4) is 17.2 Å². The largest absolute Gasteiger partial charge is 0.487 e. The lowest BCUT2D eigenvalue weighted by atomic mass is 10.2. The summed E-state index contributed by atoms with van der Waals surface area (Å²) in [6, 6.07) is 37.6. The smallest absolute Gasteiger partial charge is 0.344 e. The molecule has 0 bridgehead atoms. The van der Waals surface area contributed by atoms with Crippen LogP contribution in [0, 0.1) is 13.8 Å². The first-order valence-electron chi connectivity index (χ1n) is 17.9. The predicted octanol–water partition coefficient (Wildman–Crippen LogP) is 9.57. The van der Waals surface area contributed by atoms with Gasteiger partial charge in [0.2, 0.25) is 0 Å². The van der Waals surface area contributed by atoms with Crippen molar-refractivity contribution in [3.05, 3.63) is 162 Å². The topological polar surface area (TPSA) is 123 Å². The molecule has 0 saturated heterocycles. The second-order valence-corrected chi connectivity index (χ2v) is 18.3. The van der Waals surface area contributed by atoms with Crippen molar-refractivity contribution in [2.24, 2.45) is 0 Å². The molecule has 0 aliphatic heterocycles. The average Bonchev–Trinajstić information content (AvgIpc) is 3.18. The minimum absolute atomic E-state index is 0.0439. The summed E-state index contributed by atoms with van der Waals surface area (Å²) in [6.07, 6.45) is 3.39. The maximum absolute atomic E-state index is 14.7. The molecule has 0 N–H and O–H groups in total. The van der Waals surface area contributed by atoms with Crippen LogP contribution in [0.5, 0.6) is 17.2 Å². The highest BCUT2D eigenvalue weighted by Gasteiger charge is 2.39. The Balaban J connectivity index is 1.49. The van der Waals surface area contributed by atoms with E-state index in [0.717, 1.165) is 17.0 Å². The highest BCUT2D eigenvalue weighted by Crippen LogP contribution is 2.71. The molecule has 0 unspecified atom stereocenters. The number of carbonyl (C=O) groups excluding carboxylic acids is 1. The lowest BCUT2D eigenvalue weighted by Gasteiger charge is -2.39. The third-order valence-electron chi connectivity index (χ3n) is 8.22. The molecule has 0 aliphatic carbocycles. The summed E-state index contributed by atoms with van der Waals surface area (Å²) in [7, 11) is -7.63. The number of esters is 1. The molecular weight excluding hydrogens is 749 g/mol. The summed E-state index contributed by atoms with van der Waals surface area (Å²) in [4.78, 5) is 22.8. The molecule has 6 rings (SSSR count). The number of benzene rings is 4. The number of hydrogen-bond donors (Lipinski definition) is 0. The molecule has 2 aromatic heterocycles. The van der Waals surface area contributed by atoms with Gasteiger partial charge in [-0.2, -0.15) is 8.42 Å². The van der Waals surface area contributed by atoms with Gasteiger partial charge in [0.05, 0.1) is 16.3 Å². The van der Waals surface area contributed by atoms with Gasteiger partial charge in [-0.3, -0.25) is 9.97 Å². The van der Waals surface area contributed by atoms with Crippen molar-refractivity contribution in [2.75, 3.05) is 6.61 Å². The molecule has 12 heteroatoms. The summed E-state index contributed by atoms with van der Waals surface area (Å²) in [5, 5.41) is 0. The summed E-state index contributed by atoms with van der Waals surface area (Å²) < 4.78 is 59.8. The van der Waals surface area contributed by atoms with E-state index in [9.17, 15) is 13.2 Å². The van der Waals surface area contributed by atoms with Gasteiger partial charge < -0.3 is 18.9 Å². The van der Waals surface area contributed by atoms with Crippen LogP contribution in [-0.4, -0.2) is 36.6 Å². The van der Waals surface area contributed by atoms with Crippen molar-refractivity contribution in [1.82, 2.24) is 9.97 Å². The number of pyridine rings is 2. The Labute approximate surface area is 330 Å². The number of aromatic nitrogens is 2. The van der Waals surface area contributed by atoms with Gasteiger partial charge in [-0.1, -0.05) is 42.0 Å².